The van der Waals surface area contributed by atoms with Crippen LogP contribution in [-0.2, 0) is 4.57 Å². The topological polar surface area (TPSA) is 59.9 Å². The van der Waals surface area contributed by atoms with Gasteiger partial charge in [-0.25, -0.2) is 4.57 Å². The van der Waals surface area contributed by atoms with Crippen molar-refractivity contribution in [1.82, 2.24) is 0 Å². The molecule has 0 heterocycles. The smallest absolute Gasteiger partial charge is 0.415 e. The van der Waals surface area contributed by atoms with Gasteiger partial charge in [0.15, 0.2) is 5.66 Å². The number of nitrogens with one attached hydrogen (secondary N) is 1. The molecule has 188 valence electrons. The molecular weight excluding hydrogens is 491 g/mol. The standard InChI is InChI=1S/C32H27N2O3P/c35-38(36-29-22-12-4-13-23-29,37-30-24-14-5-15-25-30)32(27-18-8-2-9-19-27)31(26-16-6-1-7-17-26)34-33-28-20-10-3-11-21-28/h1-25,32-33H/b34-31+. The summed E-state index contributed by atoms with van der Waals surface area (Å²) in [5.74, 6) is 0.882. The number of hydrazone groups is 1. The monoisotopic (exact) mass is 518 g/mol. The van der Waals surface area contributed by atoms with Crippen LogP contribution in [0.2, 0.25) is 0 Å². The zero-order valence-corrected chi connectivity index (χ0v) is 21.5. The summed E-state index contributed by atoms with van der Waals surface area (Å²) in [5.41, 5.74) is 5.16. The Morgan fingerprint density at radius 3 is 1.50 bits per heavy atom. The molecule has 0 saturated heterocycles. The van der Waals surface area contributed by atoms with Gasteiger partial charge >= 0.3 is 7.60 Å². The molecule has 38 heavy (non-hydrogen) atoms. The lowest BCUT2D eigenvalue weighted by atomic mass is 10.0. The van der Waals surface area contributed by atoms with Crippen molar-refractivity contribution in [2.45, 2.75) is 5.66 Å². The second-order valence-corrected chi connectivity index (χ2v) is 10.5. The molecule has 0 bridgehead atoms. The quantitative estimate of drug-likeness (QED) is 0.114. The highest BCUT2D eigenvalue weighted by Crippen LogP contribution is 2.61. The van der Waals surface area contributed by atoms with Gasteiger partial charge in [-0.3, -0.25) is 5.43 Å². The fourth-order valence-electron chi connectivity index (χ4n) is 4.04. The van der Waals surface area contributed by atoms with Gasteiger partial charge in [-0.2, -0.15) is 5.10 Å². The molecule has 1 unspecified atom stereocenters. The van der Waals surface area contributed by atoms with E-state index in [-0.39, 0.29) is 0 Å². The Kier molecular flexibility index (Phi) is 7.98. The molecule has 0 aliphatic heterocycles. The largest absolute Gasteiger partial charge is 0.444 e. The Balaban J connectivity index is 1.70. The average molecular weight is 519 g/mol. The van der Waals surface area contributed by atoms with Crippen molar-refractivity contribution >= 4 is 19.0 Å². The number of anilines is 1. The zero-order valence-electron chi connectivity index (χ0n) is 20.6. The molecular formula is C32H27N2O3P. The lowest BCUT2D eigenvalue weighted by Gasteiger charge is -2.29. The summed E-state index contributed by atoms with van der Waals surface area (Å²) in [5, 5.41) is 4.82. The Hall–Kier alpha value is -4.60. The first-order chi connectivity index (χ1) is 18.7. The van der Waals surface area contributed by atoms with Gasteiger partial charge in [-0.05, 0) is 47.5 Å². The summed E-state index contributed by atoms with van der Waals surface area (Å²) in [6.07, 6.45) is 0. The fraction of sp³-hybridized carbons (Fsp3) is 0.0312. The summed E-state index contributed by atoms with van der Waals surface area (Å²) in [7, 11) is -4.01. The molecule has 5 nitrogen and oxygen atoms in total. The molecule has 0 saturated carbocycles. The van der Waals surface area contributed by atoms with E-state index in [9.17, 15) is 0 Å². The molecule has 5 rings (SSSR count). The fourth-order valence-corrected chi connectivity index (χ4v) is 6.16. The van der Waals surface area contributed by atoms with Crippen LogP contribution in [0.1, 0.15) is 16.8 Å². The van der Waals surface area contributed by atoms with E-state index in [1.54, 1.807) is 24.3 Å². The molecule has 0 fully saturated rings. The molecule has 1 atom stereocenters. The van der Waals surface area contributed by atoms with Gasteiger partial charge in [0, 0.05) is 0 Å². The number of para-hydroxylation sites is 3. The molecule has 1 N–H and O–H groups in total. The molecule has 0 amide bonds. The molecule has 0 aliphatic carbocycles. The van der Waals surface area contributed by atoms with E-state index in [4.69, 9.17) is 14.1 Å². The van der Waals surface area contributed by atoms with Crippen LogP contribution in [0.25, 0.3) is 0 Å². The second kappa shape index (κ2) is 12.1. The minimum atomic E-state index is -4.01. The predicted octanol–water partition coefficient (Wildman–Crippen LogP) is 8.60. The summed E-state index contributed by atoms with van der Waals surface area (Å²) >= 11 is 0. The van der Waals surface area contributed by atoms with E-state index in [0.717, 1.165) is 16.8 Å². The van der Waals surface area contributed by atoms with Crippen LogP contribution >= 0.6 is 7.60 Å². The third kappa shape index (κ3) is 6.20. The Labute approximate surface area is 222 Å². The van der Waals surface area contributed by atoms with Crippen molar-refractivity contribution in [3.8, 4) is 11.5 Å². The highest BCUT2D eigenvalue weighted by molar-refractivity contribution is 7.56. The van der Waals surface area contributed by atoms with Crippen LogP contribution < -0.4 is 14.5 Å². The molecule has 0 spiro atoms. The predicted molar refractivity (Wildman–Crippen MR) is 154 cm³/mol. The molecule has 5 aromatic carbocycles. The Morgan fingerprint density at radius 2 is 1.00 bits per heavy atom. The maximum absolute atomic E-state index is 15.1. The SMILES string of the molecule is O=P(Oc1ccccc1)(Oc1ccccc1)C(/C(=N/Nc1ccccc1)c1ccccc1)c1ccccc1. The molecule has 5 aromatic rings. The zero-order chi connectivity index (χ0) is 26.0. The van der Waals surface area contributed by atoms with Crippen LogP contribution in [0.3, 0.4) is 0 Å². The lowest BCUT2D eigenvalue weighted by Crippen LogP contribution is -2.21. The average Bonchev–Trinajstić information content (AvgIpc) is 2.97. The summed E-state index contributed by atoms with van der Waals surface area (Å²) in [6.45, 7) is 0. The van der Waals surface area contributed by atoms with Gasteiger partial charge in [-0.1, -0.05) is 115 Å². The van der Waals surface area contributed by atoms with Crippen molar-refractivity contribution in [1.29, 1.82) is 0 Å². The van der Waals surface area contributed by atoms with Gasteiger partial charge in [0.2, 0.25) is 0 Å². The number of rotatable bonds is 10. The van der Waals surface area contributed by atoms with Gasteiger partial charge < -0.3 is 9.05 Å². The van der Waals surface area contributed by atoms with Gasteiger partial charge in [-0.15, -0.1) is 0 Å². The number of benzene rings is 5. The number of nitrogens with zero attached hydrogens (tertiary/aromatic N) is 1. The van der Waals surface area contributed by atoms with Crippen molar-refractivity contribution in [2.75, 3.05) is 5.43 Å². The van der Waals surface area contributed by atoms with Gasteiger partial charge in [0.25, 0.3) is 0 Å². The van der Waals surface area contributed by atoms with Crippen LogP contribution in [-0.4, -0.2) is 5.71 Å². The highest BCUT2D eigenvalue weighted by Gasteiger charge is 2.45. The lowest BCUT2D eigenvalue weighted by molar-refractivity contribution is 0.381. The second-order valence-electron chi connectivity index (χ2n) is 8.50. The van der Waals surface area contributed by atoms with E-state index >= 15 is 4.57 Å². The third-order valence-corrected chi connectivity index (χ3v) is 7.90. The summed E-state index contributed by atoms with van der Waals surface area (Å²) in [6, 6.07) is 47.1. The molecule has 0 radical (unpaired) electrons. The van der Waals surface area contributed by atoms with Crippen molar-refractivity contribution in [2.24, 2.45) is 5.10 Å². The van der Waals surface area contributed by atoms with E-state index < -0.39 is 13.3 Å². The van der Waals surface area contributed by atoms with E-state index in [1.807, 2.05) is 127 Å². The van der Waals surface area contributed by atoms with Crippen LogP contribution in [0.5, 0.6) is 11.5 Å². The normalized spacial score (nSPS) is 12.4. The number of hydrogen-bond acceptors (Lipinski definition) is 5. The van der Waals surface area contributed by atoms with Crippen molar-refractivity contribution in [3.05, 3.63) is 163 Å². The van der Waals surface area contributed by atoms with E-state index in [2.05, 4.69) is 5.43 Å². The summed E-state index contributed by atoms with van der Waals surface area (Å²) < 4.78 is 27.7. The maximum Gasteiger partial charge on any atom is 0.444 e. The first-order valence-corrected chi connectivity index (χ1v) is 13.9. The van der Waals surface area contributed by atoms with Crippen LogP contribution in [0.4, 0.5) is 5.69 Å². The molecule has 0 aromatic heterocycles. The molecule has 0 aliphatic rings. The Bertz CT molecular complexity index is 1450. The first-order valence-electron chi connectivity index (χ1n) is 12.3. The van der Waals surface area contributed by atoms with E-state index in [1.165, 1.54) is 0 Å². The molecule has 6 heteroatoms. The van der Waals surface area contributed by atoms with Crippen LogP contribution in [0.15, 0.2) is 157 Å². The Morgan fingerprint density at radius 1 is 0.579 bits per heavy atom. The van der Waals surface area contributed by atoms with Crippen molar-refractivity contribution < 1.29 is 13.6 Å². The maximum atomic E-state index is 15.1. The van der Waals surface area contributed by atoms with Crippen LogP contribution in [0, 0.1) is 0 Å². The van der Waals surface area contributed by atoms with Gasteiger partial charge in [0.05, 0.1) is 11.4 Å². The third-order valence-electron chi connectivity index (χ3n) is 5.79. The highest BCUT2D eigenvalue weighted by atomic mass is 31.2. The van der Waals surface area contributed by atoms with Gasteiger partial charge in [0.1, 0.15) is 11.5 Å². The minimum absolute atomic E-state index is 0.441. The number of hydrogen-bond donors (Lipinski definition) is 1. The van der Waals surface area contributed by atoms with E-state index in [0.29, 0.717) is 17.2 Å². The minimum Gasteiger partial charge on any atom is -0.415 e. The van der Waals surface area contributed by atoms with Crippen molar-refractivity contribution in [3.63, 3.8) is 0 Å². The summed E-state index contributed by atoms with van der Waals surface area (Å²) in [4.78, 5) is 0. The first kappa shape index (κ1) is 25.1.